The molecular formula is C17H24N8O9S. The van der Waals surface area contributed by atoms with Gasteiger partial charge in [-0.2, -0.15) is 18.6 Å². The summed E-state index contributed by atoms with van der Waals surface area (Å²) in [4.78, 5) is 50.1. The number of nitrogens with one attached hydrogen (secondary N) is 1. The number of hydroxylamine groups is 2. The minimum atomic E-state index is -4.72. The van der Waals surface area contributed by atoms with Crippen molar-refractivity contribution in [3.05, 3.63) is 17.5 Å². The number of aromatic nitrogens is 2. The molecule has 18 heteroatoms. The molecule has 2 fully saturated rings. The molecule has 35 heavy (non-hydrogen) atoms. The lowest BCUT2D eigenvalue weighted by molar-refractivity contribution is -0.153. The van der Waals surface area contributed by atoms with Gasteiger partial charge in [-0.15, -0.1) is 9.44 Å². The van der Waals surface area contributed by atoms with Gasteiger partial charge in [0.05, 0.1) is 37.7 Å². The molecular weight excluding hydrogens is 492 g/mol. The van der Waals surface area contributed by atoms with E-state index in [4.69, 9.17) is 9.76 Å². The van der Waals surface area contributed by atoms with Crippen molar-refractivity contribution in [2.24, 2.45) is 12.2 Å². The number of likely N-dealkylation sites (N-methyl/N-ethyl adjacent to an activating group) is 1. The number of rotatable bonds is 5. The van der Waals surface area contributed by atoms with Crippen LogP contribution in [0, 0.1) is 0 Å². The van der Waals surface area contributed by atoms with Gasteiger partial charge in [0, 0.05) is 32.2 Å². The number of carbonyl (C=O) groups excluding carboxylic acids is 4. The lowest BCUT2D eigenvalue weighted by Crippen LogP contribution is -2.58. The van der Waals surface area contributed by atoms with Crippen LogP contribution < -0.4 is 5.32 Å². The first kappa shape index (κ1) is 25.8. The van der Waals surface area contributed by atoms with Gasteiger partial charge in [0.1, 0.15) is 6.04 Å². The Kier molecular flexibility index (Phi) is 7.56. The van der Waals surface area contributed by atoms with E-state index in [0.29, 0.717) is 31.2 Å². The van der Waals surface area contributed by atoms with Crippen molar-refractivity contribution in [1.29, 1.82) is 0 Å². The molecule has 6 amide bonds. The van der Waals surface area contributed by atoms with Crippen LogP contribution in [0.1, 0.15) is 24.2 Å². The number of nitrogens with zero attached hydrogens (tertiary/aromatic N) is 7. The van der Waals surface area contributed by atoms with Gasteiger partial charge in [0.2, 0.25) is 0 Å². The molecule has 0 aliphatic carbocycles. The Morgan fingerprint density at radius 2 is 2.03 bits per heavy atom. The third-order valence-electron chi connectivity index (χ3n) is 5.47. The van der Waals surface area contributed by atoms with Crippen LogP contribution in [0.5, 0.6) is 0 Å². The summed E-state index contributed by atoms with van der Waals surface area (Å²) >= 11 is 0. The predicted octanol–water partition coefficient (Wildman–Crippen LogP) is -1.71. The van der Waals surface area contributed by atoms with Gasteiger partial charge in [0.25, 0.3) is 0 Å². The van der Waals surface area contributed by atoms with Gasteiger partial charge < -0.3 is 20.3 Å². The molecule has 4 heterocycles. The molecule has 3 aliphatic heterocycles. The summed E-state index contributed by atoms with van der Waals surface area (Å²) in [6, 6.07) is -1.83. The number of carbonyl (C=O) groups is 4. The van der Waals surface area contributed by atoms with Crippen LogP contribution in [0.25, 0.3) is 0 Å². The highest BCUT2D eigenvalue weighted by Gasteiger charge is 2.47. The molecule has 1 aromatic heterocycles. The number of aryl methyl sites for hydroxylation is 1. The second-order valence-electron chi connectivity index (χ2n) is 7.50. The number of amides is 6. The zero-order chi connectivity index (χ0) is 25.9. The summed E-state index contributed by atoms with van der Waals surface area (Å²) in [7, 11) is -2.98. The Labute approximate surface area is 199 Å². The van der Waals surface area contributed by atoms with E-state index in [-0.39, 0.29) is 13.1 Å². The van der Waals surface area contributed by atoms with Gasteiger partial charge in [-0.1, -0.05) is 0 Å². The van der Waals surface area contributed by atoms with Gasteiger partial charge in [-0.3, -0.25) is 23.7 Å². The fourth-order valence-electron chi connectivity index (χ4n) is 3.75. The number of oxime groups is 1. The molecule has 1 atom stereocenters. The average molecular weight is 516 g/mol. The van der Waals surface area contributed by atoms with Crippen LogP contribution in [-0.4, -0.2) is 111 Å². The Balaban J connectivity index is 0.000000196. The average Bonchev–Trinajstić information content (AvgIpc) is 3.29. The largest absolute Gasteiger partial charge is 0.418 e. The maximum atomic E-state index is 11.9. The van der Waals surface area contributed by atoms with Crippen LogP contribution >= 0.6 is 0 Å². The Hall–Kier alpha value is -3.77. The van der Waals surface area contributed by atoms with Crippen molar-refractivity contribution in [2.75, 3.05) is 32.7 Å². The van der Waals surface area contributed by atoms with Crippen molar-refractivity contribution in [2.45, 2.75) is 19.5 Å². The van der Waals surface area contributed by atoms with E-state index in [9.17, 15) is 27.6 Å². The lowest BCUT2D eigenvalue weighted by atomic mass is 10.1. The summed E-state index contributed by atoms with van der Waals surface area (Å²) in [5.41, 5.74) is 1.55. The van der Waals surface area contributed by atoms with Crippen LogP contribution in [0.3, 0.4) is 0 Å². The third kappa shape index (κ3) is 5.49. The molecule has 0 saturated carbocycles. The van der Waals surface area contributed by atoms with Gasteiger partial charge >= 0.3 is 34.3 Å². The summed E-state index contributed by atoms with van der Waals surface area (Å²) in [6.07, 6.45) is 2.63. The van der Waals surface area contributed by atoms with E-state index >= 15 is 0 Å². The first-order valence-corrected chi connectivity index (χ1v) is 11.6. The third-order valence-corrected chi connectivity index (χ3v) is 5.81. The molecule has 2 saturated heterocycles. The Bertz CT molecular complexity index is 1150. The zero-order valence-electron chi connectivity index (χ0n) is 18.8. The number of hydrogen-bond donors (Lipinski definition) is 3. The van der Waals surface area contributed by atoms with Crippen LogP contribution in [0.15, 0.2) is 11.4 Å². The van der Waals surface area contributed by atoms with Gasteiger partial charge in [0.15, 0.2) is 0 Å². The standard InChI is InChI=1S/C9H14N4O4.C8H10N4O5S/c1-2-12-5-6-13(8(15)7(12)14)9(16)10-3-4-11-17;1-10-6-3-11-4-7(5(6)2-9-10)12(8(11)13)17-18(14,15)16/h4,17H,2-3,5-6H2,1H3,(H,10,16);2,7H,3-4H2,1H3,(H,14,15,16)/b11-4-;. The smallest absolute Gasteiger partial charge is 0.411 e. The Morgan fingerprint density at radius 3 is 2.66 bits per heavy atom. The summed E-state index contributed by atoms with van der Waals surface area (Å²) in [6.45, 7) is 3.35. The molecule has 192 valence electrons. The summed E-state index contributed by atoms with van der Waals surface area (Å²) in [5.74, 6) is -1.51. The first-order valence-electron chi connectivity index (χ1n) is 10.3. The van der Waals surface area contributed by atoms with E-state index in [1.54, 1.807) is 24.9 Å². The predicted molar refractivity (Wildman–Crippen MR) is 114 cm³/mol. The number of imide groups is 1. The maximum Gasteiger partial charge on any atom is 0.418 e. The second-order valence-corrected chi connectivity index (χ2v) is 8.51. The Morgan fingerprint density at radius 1 is 1.31 bits per heavy atom. The molecule has 3 N–H and O–H groups in total. The molecule has 3 aliphatic rings. The highest BCUT2D eigenvalue weighted by atomic mass is 32.3. The molecule has 2 bridgehead atoms. The van der Waals surface area contributed by atoms with Crippen LogP contribution in [0.4, 0.5) is 9.59 Å². The SMILES string of the molecule is CCN1CCN(C(=O)NC/C=N\O)C(=O)C1=O.Cn1ncc2c1CN1CC2N(OS(=O)(=O)O)C1=O. The molecule has 0 spiro atoms. The van der Waals surface area contributed by atoms with E-state index in [2.05, 4.69) is 19.9 Å². The molecule has 0 aromatic carbocycles. The van der Waals surface area contributed by atoms with Crippen LogP contribution in [-0.2, 0) is 37.9 Å². The number of piperazine rings is 1. The monoisotopic (exact) mass is 516 g/mol. The highest BCUT2D eigenvalue weighted by Crippen LogP contribution is 2.37. The van der Waals surface area contributed by atoms with E-state index < -0.39 is 40.3 Å². The van der Waals surface area contributed by atoms with Crippen molar-refractivity contribution < 1.29 is 41.6 Å². The van der Waals surface area contributed by atoms with Gasteiger partial charge in [-0.25, -0.2) is 9.59 Å². The topological polar surface area (TPSA) is 207 Å². The highest BCUT2D eigenvalue weighted by molar-refractivity contribution is 7.80. The molecule has 4 rings (SSSR count). The molecule has 1 aromatic rings. The molecule has 0 radical (unpaired) electrons. The van der Waals surface area contributed by atoms with E-state index in [0.717, 1.165) is 22.4 Å². The molecule has 1 unspecified atom stereocenters. The van der Waals surface area contributed by atoms with Crippen molar-refractivity contribution in [1.82, 2.24) is 34.9 Å². The first-order chi connectivity index (χ1) is 16.5. The molecule has 17 nitrogen and oxygen atoms in total. The normalized spacial score (nSPS) is 19.7. The number of urea groups is 2. The quantitative estimate of drug-likeness (QED) is 0.133. The minimum absolute atomic E-state index is 0.00913. The van der Waals surface area contributed by atoms with Gasteiger partial charge in [-0.05, 0) is 6.92 Å². The van der Waals surface area contributed by atoms with Crippen molar-refractivity contribution >= 4 is 40.5 Å². The summed E-state index contributed by atoms with van der Waals surface area (Å²) < 4.78 is 36.1. The maximum absolute atomic E-state index is 11.9. The van der Waals surface area contributed by atoms with Crippen molar-refractivity contribution in [3.63, 3.8) is 0 Å². The van der Waals surface area contributed by atoms with Crippen molar-refractivity contribution in [3.8, 4) is 0 Å². The van der Waals surface area contributed by atoms with Crippen LogP contribution in [0.2, 0.25) is 0 Å². The van der Waals surface area contributed by atoms with E-state index in [1.807, 2.05) is 0 Å². The second kappa shape index (κ2) is 10.2. The number of hydrogen-bond acceptors (Lipinski definition) is 10. The summed E-state index contributed by atoms with van der Waals surface area (Å²) in [5, 5.41) is 17.9. The number of fused-ring (bicyclic) bond motifs is 4. The fourth-order valence-corrected chi connectivity index (χ4v) is 4.12. The lowest BCUT2D eigenvalue weighted by Gasteiger charge is -2.31. The zero-order valence-corrected chi connectivity index (χ0v) is 19.6. The van der Waals surface area contributed by atoms with E-state index in [1.165, 1.54) is 9.80 Å². The minimum Gasteiger partial charge on any atom is -0.411 e. The fraction of sp³-hybridized carbons (Fsp3) is 0.529.